The van der Waals surface area contributed by atoms with E-state index in [1.165, 1.54) is 24.2 Å². The molecule has 1 rings (SSSR count). The molecule has 0 bridgehead atoms. The molecule has 3 N–H and O–H groups in total. The molecular weight excluding hydrogens is 256 g/mol. The van der Waals surface area contributed by atoms with Crippen LogP contribution >= 0.6 is 0 Å². The van der Waals surface area contributed by atoms with E-state index in [9.17, 15) is 8.42 Å². The van der Waals surface area contributed by atoms with Gasteiger partial charge in [-0.2, -0.15) is 5.10 Å². The summed E-state index contributed by atoms with van der Waals surface area (Å²) in [5, 5.41) is 3.92. The third-order valence-corrected chi connectivity index (χ3v) is 3.87. The number of rotatable bonds is 7. The van der Waals surface area contributed by atoms with Crippen molar-refractivity contribution in [3.05, 3.63) is 12.4 Å². The fraction of sp³-hybridized carbons (Fsp3) is 0.700. The summed E-state index contributed by atoms with van der Waals surface area (Å²) in [4.78, 5) is 0.128. The summed E-state index contributed by atoms with van der Waals surface area (Å²) < 4.78 is 33.1. The van der Waals surface area contributed by atoms with Gasteiger partial charge >= 0.3 is 0 Å². The molecule has 0 radical (unpaired) electrons. The van der Waals surface area contributed by atoms with Gasteiger partial charge in [0.25, 0.3) is 0 Å². The summed E-state index contributed by atoms with van der Waals surface area (Å²) in [5.74, 6) is 0. The molecule has 0 aliphatic heterocycles. The third-order valence-electron chi connectivity index (χ3n) is 2.52. The number of hydrogen-bond acceptors (Lipinski definition) is 5. The van der Waals surface area contributed by atoms with E-state index in [0.717, 1.165) is 0 Å². The first-order valence-electron chi connectivity index (χ1n) is 5.58. The Bertz CT molecular complexity index is 481. The van der Waals surface area contributed by atoms with Crippen LogP contribution in [0.15, 0.2) is 17.3 Å². The zero-order chi connectivity index (χ0) is 13.8. The van der Waals surface area contributed by atoms with Gasteiger partial charge < -0.3 is 10.5 Å². The molecule has 1 aromatic heterocycles. The van der Waals surface area contributed by atoms with Gasteiger partial charge in [0, 0.05) is 26.4 Å². The van der Waals surface area contributed by atoms with Crippen molar-refractivity contribution in [1.82, 2.24) is 14.5 Å². The van der Waals surface area contributed by atoms with Crippen LogP contribution in [-0.2, 0) is 21.3 Å². The predicted molar refractivity (Wildman–Crippen MR) is 67.6 cm³/mol. The number of nitrogens with one attached hydrogen (secondary N) is 1. The van der Waals surface area contributed by atoms with Gasteiger partial charge in [-0.05, 0) is 13.8 Å². The Balaban J connectivity index is 2.74. The van der Waals surface area contributed by atoms with Crippen molar-refractivity contribution in [2.75, 3.05) is 20.2 Å². The summed E-state index contributed by atoms with van der Waals surface area (Å²) in [5.41, 5.74) is 4.81. The molecule has 0 saturated carbocycles. The molecule has 0 aromatic carbocycles. The Kier molecular flexibility index (Phi) is 4.85. The van der Waals surface area contributed by atoms with Crippen LogP contribution < -0.4 is 10.5 Å². The molecule has 7 nitrogen and oxygen atoms in total. The molecular formula is C10H20N4O3S. The first kappa shape index (κ1) is 15.1. The maximum absolute atomic E-state index is 12.0. The van der Waals surface area contributed by atoms with Crippen molar-refractivity contribution in [3.8, 4) is 0 Å². The highest BCUT2D eigenvalue weighted by molar-refractivity contribution is 7.89. The molecule has 0 fully saturated rings. The normalized spacial score (nSPS) is 12.9. The number of nitrogens with two attached hydrogens (primary N) is 1. The molecule has 0 aliphatic rings. The Morgan fingerprint density at radius 2 is 2.22 bits per heavy atom. The van der Waals surface area contributed by atoms with Gasteiger partial charge in [0.05, 0.1) is 18.3 Å². The fourth-order valence-corrected chi connectivity index (χ4v) is 2.31. The number of nitrogens with zero attached hydrogens (tertiary/aromatic N) is 2. The van der Waals surface area contributed by atoms with E-state index in [1.54, 1.807) is 13.8 Å². The lowest BCUT2D eigenvalue weighted by atomic mass is 10.1. The van der Waals surface area contributed by atoms with E-state index in [-0.39, 0.29) is 11.4 Å². The lowest BCUT2D eigenvalue weighted by Crippen LogP contribution is -2.39. The van der Waals surface area contributed by atoms with Gasteiger partial charge in [0.15, 0.2) is 0 Å². The summed E-state index contributed by atoms with van der Waals surface area (Å²) in [6, 6.07) is 0. The quantitative estimate of drug-likeness (QED) is 0.702. The smallest absolute Gasteiger partial charge is 0.243 e. The van der Waals surface area contributed by atoms with E-state index < -0.39 is 15.6 Å². The van der Waals surface area contributed by atoms with Crippen molar-refractivity contribution in [2.45, 2.75) is 30.9 Å². The molecule has 1 heterocycles. The molecule has 0 atom stereocenters. The minimum atomic E-state index is -3.56. The molecule has 1 aromatic rings. The largest absolute Gasteiger partial charge is 0.377 e. The van der Waals surface area contributed by atoms with Gasteiger partial charge in [-0.25, -0.2) is 13.1 Å². The number of ether oxygens (including phenoxy) is 1. The average Bonchev–Trinajstić information content (AvgIpc) is 2.77. The van der Waals surface area contributed by atoms with Crippen LogP contribution in [0.5, 0.6) is 0 Å². The predicted octanol–water partition coefficient (Wildman–Crippen LogP) is -0.455. The SMILES string of the molecule is COC(C)(C)CNS(=O)(=O)c1cnn(CCN)c1. The van der Waals surface area contributed by atoms with Gasteiger partial charge in [0.1, 0.15) is 4.90 Å². The maximum atomic E-state index is 12.0. The van der Waals surface area contributed by atoms with Crippen LogP contribution in [0, 0.1) is 0 Å². The summed E-state index contributed by atoms with van der Waals surface area (Å²) in [7, 11) is -2.02. The number of aromatic nitrogens is 2. The third kappa shape index (κ3) is 4.05. The Morgan fingerprint density at radius 3 is 2.78 bits per heavy atom. The highest BCUT2D eigenvalue weighted by Crippen LogP contribution is 2.10. The Labute approximate surface area is 107 Å². The minimum absolute atomic E-state index is 0.128. The zero-order valence-electron chi connectivity index (χ0n) is 10.9. The van der Waals surface area contributed by atoms with Crippen molar-refractivity contribution in [2.24, 2.45) is 5.73 Å². The number of methoxy groups -OCH3 is 1. The lowest BCUT2D eigenvalue weighted by molar-refractivity contribution is 0.0276. The topological polar surface area (TPSA) is 99.2 Å². The van der Waals surface area contributed by atoms with E-state index in [2.05, 4.69) is 9.82 Å². The number of hydrogen-bond donors (Lipinski definition) is 2. The first-order valence-corrected chi connectivity index (χ1v) is 7.06. The summed E-state index contributed by atoms with van der Waals surface area (Å²) >= 11 is 0. The molecule has 0 amide bonds. The van der Waals surface area contributed by atoms with Gasteiger partial charge in [-0.15, -0.1) is 0 Å². The monoisotopic (exact) mass is 276 g/mol. The van der Waals surface area contributed by atoms with Gasteiger partial charge in [-0.1, -0.05) is 0 Å². The van der Waals surface area contributed by atoms with E-state index in [0.29, 0.717) is 13.1 Å². The van der Waals surface area contributed by atoms with Crippen molar-refractivity contribution < 1.29 is 13.2 Å². The van der Waals surface area contributed by atoms with E-state index in [1.807, 2.05) is 0 Å². The van der Waals surface area contributed by atoms with Gasteiger partial charge in [-0.3, -0.25) is 4.68 Å². The molecule has 18 heavy (non-hydrogen) atoms. The van der Waals surface area contributed by atoms with Crippen molar-refractivity contribution >= 4 is 10.0 Å². The molecule has 0 aliphatic carbocycles. The van der Waals surface area contributed by atoms with Crippen LogP contribution in [-0.4, -0.2) is 44.0 Å². The molecule has 0 unspecified atom stereocenters. The fourth-order valence-electron chi connectivity index (χ4n) is 1.16. The average molecular weight is 276 g/mol. The van der Waals surface area contributed by atoms with E-state index in [4.69, 9.17) is 10.5 Å². The molecule has 0 saturated heterocycles. The second-order valence-corrected chi connectivity index (χ2v) is 6.28. The second-order valence-electron chi connectivity index (χ2n) is 4.52. The highest BCUT2D eigenvalue weighted by atomic mass is 32.2. The minimum Gasteiger partial charge on any atom is -0.377 e. The first-order chi connectivity index (χ1) is 8.30. The zero-order valence-corrected chi connectivity index (χ0v) is 11.7. The van der Waals surface area contributed by atoms with Crippen molar-refractivity contribution in [3.63, 3.8) is 0 Å². The Hall–Kier alpha value is -0.960. The van der Waals surface area contributed by atoms with Crippen LogP contribution in [0.2, 0.25) is 0 Å². The summed E-state index contributed by atoms with van der Waals surface area (Å²) in [6.45, 7) is 4.68. The molecule has 104 valence electrons. The summed E-state index contributed by atoms with van der Waals surface area (Å²) in [6.07, 6.45) is 2.76. The number of sulfonamides is 1. The maximum Gasteiger partial charge on any atom is 0.243 e. The Morgan fingerprint density at radius 1 is 1.56 bits per heavy atom. The van der Waals surface area contributed by atoms with Crippen LogP contribution in [0.25, 0.3) is 0 Å². The van der Waals surface area contributed by atoms with Crippen LogP contribution in [0.1, 0.15) is 13.8 Å². The van der Waals surface area contributed by atoms with Crippen molar-refractivity contribution in [1.29, 1.82) is 0 Å². The molecule has 8 heteroatoms. The second kappa shape index (κ2) is 5.79. The van der Waals surface area contributed by atoms with Gasteiger partial charge in [0.2, 0.25) is 10.0 Å². The lowest BCUT2D eigenvalue weighted by Gasteiger charge is -2.22. The highest BCUT2D eigenvalue weighted by Gasteiger charge is 2.22. The van der Waals surface area contributed by atoms with E-state index >= 15 is 0 Å². The standard InChI is InChI=1S/C10H20N4O3S/c1-10(2,17-3)8-13-18(15,16)9-6-12-14(7-9)5-4-11/h6-7,13H,4-5,8,11H2,1-3H3. The van der Waals surface area contributed by atoms with Crippen LogP contribution in [0.3, 0.4) is 0 Å². The molecule has 0 spiro atoms. The van der Waals surface area contributed by atoms with Crippen LogP contribution in [0.4, 0.5) is 0 Å².